The van der Waals surface area contributed by atoms with Crippen LogP contribution in [0.5, 0.6) is 11.5 Å². The molecule has 2 N–H and O–H groups in total. The SMILES string of the molecule is CCCC(C#N)(CCC)c1ccc(O)c(O)c1. The summed E-state index contributed by atoms with van der Waals surface area (Å²) in [4.78, 5) is 0. The van der Waals surface area contributed by atoms with E-state index in [2.05, 4.69) is 6.07 Å². The van der Waals surface area contributed by atoms with E-state index in [0.717, 1.165) is 31.2 Å². The fraction of sp³-hybridized carbons (Fsp3) is 0.500. The van der Waals surface area contributed by atoms with Gasteiger partial charge in [0.05, 0.1) is 11.5 Å². The molecular weight excluding hydrogens is 214 g/mol. The molecule has 0 aromatic heterocycles. The van der Waals surface area contributed by atoms with Gasteiger partial charge in [-0.3, -0.25) is 0 Å². The van der Waals surface area contributed by atoms with Gasteiger partial charge in [0, 0.05) is 0 Å². The van der Waals surface area contributed by atoms with Crippen molar-refractivity contribution in [3.8, 4) is 17.6 Å². The van der Waals surface area contributed by atoms with Gasteiger partial charge in [0.25, 0.3) is 0 Å². The Bertz CT molecular complexity index is 415. The maximum atomic E-state index is 9.54. The summed E-state index contributed by atoms with van der Waals surface area (Å²) in [6, 6.07) is 7.06. The molecule has 0 aliphatic rings. The van der Waals surface area contributed by atoms with Gasteiger partial charge in [-0.25, -0.2) is 0 Å². The molecule has 1 aromatic rings. The van der Waals surface area contributed by atoms with Crippen LogP contribution >= 0.6 is 0 Å². The zero-order valence-corrected chi connectivity index (χ0v) is 10.4. The fourth-order valence-electron chi connectivity index (χ4n) is 2.26. The van der Waals surface area contributed by atoms with Gasteiger partial charge >= 0.3 is 0 Å². The Morgan fingerprint density at radius 2 is 1.71 bits per heavy atom. The number of aromatic hydroxyl groups is 2. The maximum Gasteiger partial charge on any atom is 0.157 e. The molecule has 0 heterocycles. The molecule has 3 heteroatoms. The quantitative estimate of drug-likeness (QED) is 0.765. The number of benzene rings is 1. The lowest BCUT2D eigenvalue weighted by atomic mass is 9.74. The third kappa shape index (κ3) is 2.71. The van der Waals surface area contributed by atoms with Crippen molar-refractivity contribution in [2.75, 3.05) is 0 Å². The Balaban J connectivity index is 3.21. The minimum atomic E-state index is -0.547. The lowest BCUT2D eigenvalue weighted by Gasteiger charge is -2.26. The van der Waals surface area contributed by atoms with E-state index in [1.54, 1.807) is 6.07 Å². The second kappa shape index (κ2) is 5.58. The van der Waals surface area contributed by atoms with Crippen molar-refractivity contribution < 1.29 is 10.2 Å². The van der Waals surface area contributed by atoms with E-state index >= 15 is 0 Å². The van der Waals surface area contributed by atoms with E-state index < -0.39 is 5.41 Å². The Labute approximate surface area is 102 Å². The largest absolute Gasteiger partial charge is 0.504 e. The molecule has 0 aliphatic heterocycles. The highest BCUT2D eigenvalue weighted by atomic mass is 16.3. The minimum absolute atomic E-state index is 0.145. The first kappa shape index (κ1) is 13.4. The Morgan fingerprint density at radius 3 is 2.12 bits per heavy atom. The van der Waals surface area contributed by atoms with Crippen LogP contribution in [-0.2, 0) is 5.41 Å². The highest BCUT2D eigenvalue weighted by molar-refractivity contribution is 5.45. The van der Waals surface area contributed by atoms with Gasteiger partial charge in [-0.15, -0.1) is 0 Å². The van der Waals surface area contributed by atoms with Gasteiger partial charge in [-0.1, -0.05) is 32.8 Å². The van der Waals surface area contributed by atoms with Crippen molar-refractivity contribution in [1.82, 2.24) is 0 Å². The summed E-state index contributed by atoms with van der Waals surface area (Å²) in [5.74, 6) is -0.303. The average molecular weight is 233 g/mol. The van der Waals surface area contributed by atoms with Crippen LogP contribution in [-0.4, -0.2) is 10.2 Å². The van der Waals surface area contributed by atoms with Crippen LogP contribution in [0.25, 0.3) is 0 Å². The summed E-state index contributed by atoms with van der Waals surface area (Å²) in [5.41, 5.74) is 0.244. The summed E-state index contributed by atoms with van der Waals surface area (Å²) < 4.78 is 0. The molecular formula is C14H19NO2. The molecule has 1 rings (SSSR count). The molecule has 0 fully saturated rings. The van der Waals surface area contributed by atoms with Crippen molar-refractivity contribution in [3.05, 3.63) is 23.8 Å². The molecule has 0 atom stereocenters. The number of nitrogens with zero attached hydrogens (tertiary/aromatic N) is 1. The van der Waals surface area contributed by atoms with E-state index in [9.17, 15) is 15.5 Å². The van der Waals surface area contributed by atoms with E-state index in [1.807, 2.05) is 13.8 Å². The number of phenols is 2. The summed E-state index contributed by atoms with van der Waals surface area (Å²) in [6.07, 6.45) is 3.35. The van der Waals surface area contributed by atoms with Crippen molar-refractivity contribution in [2.45, 2.75) is 44.9 Å². The lowest BCUT2D eigenvalue weighted by molar-refractivity contribution is 0.398. The highest BCUT2D eigenvalue weighted by Crippen LogP contribution is 2.37. The molecule has 0 unspecified atom stereocenters. The summed E-state index contributed by atoms with van der Waals surface area (Å²) >= 11 is 0. The Kier molecular flexibility index (Phi) is 4.39. The number of nitriles is 1. The van der Waals surface area contributed by atoms with Crippen LogP contribution in [0, 0.1) is 11.3 Å². The van der Waals surface area contributed by atoms with Gasteiger partial charge < -0.3 is 10.2 Å². The molecule has 3 nitrogen and oxygen atoms in total. The van der Waals surface area contributed by atoms with Gasteiger partial charge in [-0.2, -0.15) is 5.26 Å². The molecule has 17 heavy (non-hydrogen) atoms. The predicted octanol–water partition coefficient (Wildman–Crippen LogP) is 3.46. The monoisotopic (exact) mass is 233 g/mol. The predicted molar refractivity (Wildman–Crippen MR) is 66.9 cm³/mol. The number of rotatable bonds is 5. The van der Waals surface area contributed by atoms with E-state index in [-0.39, 0.29) is 11.5 Å². The van der Waals surface area contributed by atoms with Crippen LogP contribution in [0.15, 0.2) is 18.2 Å². The molecule has 1 aromatic carbocycles. The number of hydrogen-bond acceptors (Lipinski definition) is 3. The van der Waals surface area contributed by atoms with Gasteiger partial charge in [0.1, 0.15) is 0 Å². The van der Waals surface area contributed by atoms with Crippen molar-refractivity contribution in [3.63, 3.8) is 0 Å². The van der Waals surface area contributed by atoms with E-state index in [4.69, 9.17) is 0 Å². The van der Waals surface area contributed by atoms with Crippen LogP contribution < -0.4 is 0 Å². The van der Waals surface area contributed by atoms with Crippen LogP contribution in [0.2, 0.25) is 0 Å². The molecule has 0 saturated heterocycles. The van der Waals surface area contributed by atoms with Gasteiger partial charge in [0.2, 0.25) is 0 Å². The lowest BCUT2D eigenvalue weighted by Crippen LogP contribution is -2.23. The summed E-state index contributed by atoms with van der Waals surface area (Å²) in [6.45, 7) is 4.09. The Morgan fingerprint density at radius 1 is 1.12 bits per heavy atom. The zero-order valence-electron chi connectivity index (χ0n) is 10.4. The number of hydrogen-bond donors (Lipinski definition) is 2. The minimum Gasteiger partial charge on any atom is -0.504 e. The maximum absolute atomic E-state index is 9.54. The van der Waals surface area contributed by atoms with Crippen LogP contribution in [0.4, 0.5) is 0 Å². The molecule has 0 amide bonds. The average Bonchev–Trinajstić information content (AvgIpc) is 2.32. The van der Waals surface area contributed by atoms with Crippen molar-refractivity contribution >= 4 is 0 Å². The van der Waals surface area contributed by atoms with Gasteiger partial charge in [-0.05, 0) is 30.5 Å². The molecule has 0 radical (unpaired) electrons. The first-order chi connectivity index (χ1) is 8.09. The number of phenolic OH excluding ortho intramolecular Hbond substituents is 2. The molecule has 0 saturated carbocycles. The summed E-state index contributed by atoms with van der Waals surface area (Å²) in [7, 11) is 0. The topological polar surface area (TPSA) is 64.2 Å². The zero-order chi connectivity index (χ0) is 12.9. The van der Waals surface area contributed by atoms with Crippen molar-refractivity contribution in [2.24, 2.45) is 0 Å². The Hall–Kier alpha value is -1.69. The summed E-state index contributed by atoms with van der Waals surface area (Å²) in [5, 5.41) is 28.3. The highest BCUT2D eigenvalue weighted by Gasteiger charge is 2.31. The second-order valence-corrected chi connectivity index (χ2v) is 4.40. The fourth-order valence-corrected chi connectivity index (χ4v) is 2.26. The third-order valence-electron chi connectivity index (χ3n) is 3.10. The van der Waals surface area contributed by atoms with Gasteiger partial charge in [0.15, 0.2) is 11.5 Å². The van der Waals surface area contributed by atoms with Crippen LogP contribution in [0.1, 0.15) is 45.1 Å². The molecule has 0 bridgehead atoms. The normalized spacial score (nSPS) is 11.1. The van der Waals surface area contributed by atoms with E-state index in [0.29, 0.717) is 0 Å². The van der Waals surface area contributed by atoms with Crippen molar-refractivity contribution in [1.29, 1.82) is 5.26 Å². The first-order valence-electron chi connectivity index (χ1n) is 6.03. The molecule has 92 valence electrons. The van der Waals surface area contributed by atoms with E-state index in [1.165, 1.54) is 12.1 Å². The standard InChI is InChI=1S/C14H19NO2/c1-3-7-14(10-15,8-4-2)11-5-6-12(16)13(17)9-11/h5-6,9,16-17H,3-4,7-8H2,1-2H3. The first-order valence-corrected chi connectivity index (χ1v) is 6.03. The van der Waals surface area contributed by atoms with Crippen LogP contribution in [0.3, 0.4) is 0 Å². The molecule has 0 aliphatic carbocycles. The second-order valence-electron chi connectivity index (χ2n) is 4.40. The smallest absolute Gasteiger partial charge is 0.157 e. The molecule has 0 spiro atoms. The third-order valence-corrected chi connectivity index (χ3v) is 3.10.